The van der Waals surface area contributed by atoms with Crippen LogP contribution in [-0.2, 0) is 0 Å². The number of hydrogen-bond donors (Lipinski definition) is 1. The Morgan fingerprint density at radius 3 is 2.68 bits per heavy atom. The summed E-state index contributed by atoms with van der Waals surface area (Å²) in [7, 11) is 4.33. The lowest BCUT2D eigenvalue weighted by molar-refractivity contribution is 0.260. The molecule has 3 nitrogen and oxygen atoms in total. The molecule has 0 radical (unpaired) electrons. The monoisotopic (exact) mass is 261 g/mol. The Morgan fingerprint density at radius 2 is 2.11 bits per heavy atom. The van der Waals surface area contributed by atoms with Gasteiger partial charge in [-0.15, -0.1) is 0 Å². The molecule has 1 saturated heterocycles. The zero-order valence-corrected chi connectivity index (χ0v) is 12.7. The van der Waals surface area contributed by atoms with Crippen LogP contribution in [0.5, 0.6) is 0 Å². The van der Waals surface area contributed by atoms with Crippen LogP contribution in [0.1, 0.15) is 29.2 Å². The highest BCUT2D eigenvalue weighted by Gasteiger charge is 2.25. The molecule has 0 saturated carbocycles. The van der Waals surface area contributed by atoms with E-state index in [2.05, 4.69) is 55.9 Å². The minimum absolute atomic E-state index is 0.126. The SMILES string of the molecule is Cc1ccc(C(N)CN2CCC(N(C)C)C2)c(C)c1. The predicted octanol–water partition coefficient (Wildman–Crippen LogP) is 1.94. The molecule has 1 heterocycles. The van der Waals surface area contributed by atoms with Crippen LogP contribution in [0, 0.1) is 13.8 Å². The molecule has 1 fully saturated rings. The third-order valence-electron chi connectivity index (χ3n) is 4.26. The van der Waals surface area contributed by atoms with Gasteiger partial charge in [0.25, 0.3) is 0 Å². The summed E-state index contributed by atoms with van der Waals surface area (Å²) in [5.41, 5.74) is 10.3. The van der Waals surface area contributed by atoms with Gasteiger partial charge in [0.2, 0.25) is 0 Å². The van der Waals surface area contributed by atoms with Gasteiger partial charge >= 0.3 is 0 Å². The van der Waals surface area contributed by atoms with Gasteiger partial charge in [-0.25, -0.2) is 0 Å². The predicted molar refractivity (Wildman–Crippen MR) is 81.4 cm³/mol. The van der Waals surface area contributed by atoms with Crippen molar-refractivity contribution in [1.82, 2.24) is 9.80 Å². The molecule has 2 N–H and O–H groups in total. The molecule has 1 aliphatic rings. The van der Waals surface area contributed by atoms with E-state index in [1.807, 2.05) is 0 Å². The van der Waals surface area contributed by atoms with Gasteiger partial charge in [0, 0.05) is 25.2 Å². The lowest BCUT2D eigenvalue weighted by Crippen LogP contribution is -2.35. The Hall–Kier alpha value is -0.900. The second kappa shape index (κ2) is 6.04. The number of nitrogens with two attached hydrogens (primary N) is 1. The molecule has 0 bridgehead atoms. The Labute approximate surface area is 117 Å². The van der Waals surface area contributed by atoms with Crippen LogP contribution in [0.2, 0.25) is 0 Å². The van der Waals surface area contributed by atoms with Crippen LogP contribution >= 0.6 is 0 Å². The fourth-order valence-corrected chi connectivity index (χ4v) is 3.02. The average Bonchev–Trinajstić information content (AvgIpc) is 2.77. The van der Waals surface area contributed by atoms with Gasteiger partial charge in [-0.1, -0.05) is 23.8 Å². The van der Waals surface area contributed by atoms with Crippen molar-refractivity contribution in [3.05, 3.63) is 34.9 Å². The minimum Gasteiger partial charge on any atom is -0.323 e. The first kappa shape index (κ1) is 14.5. The van der Waals surface area contributed by atoms with Crippen molar-refractivity contribution in [3.8, 4) is 0 Å². The smallest absolute Gasteiger partial charge is 0.0426 e. The van der Waals surface area contributed by atoms with Gasteiger partial charge in [0.05, 0.1) is 0 Å². The summed E-state index contributed by atoms with van der Waals surface area (Å²) < 4.78 is 0. The van der Waals surface area contributed by atoms with E-state index in [1.54, 1.807) is 0 Å². The van der Waals surface area contributed by atoms with E-state index in [-0.39, 0.29) is 6.04 Å². The molecule has 19 heavy (non-hydrogen) atoms. The first-order valence-electron chi connectivity index (χ1n) is 7.19. The standard InChI is InChI=1S/C16H27N3/c1-12-5-6-15(13(2)9-12)16(17)11-19-8-7-14(10-19)18(3)4/h5-6,9,14,16H,7-8,10-11,17H2,1-4H3. The summed E-state index contributed by atoms with van der Waals surface area (Å²) in [4.78, 5) is 4.82. The maximum absolute atomic E-state index is 6.39. The highest BCUT2D eigenvalue weighted by atomic mass is 15.2. The number of rotatable bonds is 4. The minimum atomic E-state index is 0.126. The van der Waals surface area contributed by atoms with E-state index in [4.69, 9.17) is 5.73 Å². The molecule has 1 aromatic rings. The van der Waals surface area contributed by atoms with Gasteiger partial charge in [-0.2, -0.15) is 0 Å². The second-order valence-electron chi connectivity index (χ2n) is 6.13. The third kappa shape index (κ3) is 3.56. The van der Waals surface area contributed by atoms with Crippen LogP contribution in [-0.4, -0.2) is 49.6 Å². The second-order valence-corrected chi connectivity index (χ2v) is 6.13. The van der Waals surface area contributed by atoms with Crippen molar-refractivity contribution in [2.24, 2.45) is 5.73 Å². The number of hydrogen-bond acceptors (Lipinski definition) is 3. The maximum atomic E-state index is 6.39. The molecular weight excluding hydrogens is 234 g/mol. The summed E-state index contributed by atoms with van der Waals surface area (Å²) in [6.07, 6.45) is 1.26. The normalized spacial score (nSPS) is 22.1. The summed E-state index contributed by atoms with van der Waals surface area (Å²) >= 11 is 0. The molecular formula is C16H27N3. The summed E-state index contributed by atoms with van der Waals surface area (Å²) in [6, 6.07) is 7.39. The van der Waals surface area contributed by atoms with Gasteiger partial charge < -0.3 is 10.6 Å². The largest absolute Gasteiger partial charge is 0.323 e. The summed E-state index contributed by atoms with van der Waals surface area (Å²) in [5, 5.41) is 0. The quantitative estimate of drug-likeness (QED) is 0.899. The molecule has 0 aromatic heterocycles. The van der Waals surface area contributed by atoms with Crippen LogP contribution in [0.4, 0.5) is 0 Å². The van der Waals surface area contributed by atoms with Crippen molar-refractivity contribution in [2.75, 3.05) is 33.7 Å². The first-order valence-corrected chi connectivity index (χ1v) is 7.19. The highest BCUT2D eigenvalue weighted by Crippen LogP contribution is 2.21. The van der Waals surface area contributed by atoms with Crippen LogP contribution in [0.25, 0.3) is 0 Å². The van der Waals surface area contributed by atoms with Gasteiger partial charge in [-0.3, -0.25) is 4.90 Å². The third-order valence-corrected chi connectivity index (χ3v) is 4.26. The molecule has 0 amide bonds. The average molecular weight is 261 g/mol. The van der Waals surface area contributed by atoms with Crippen molar-refractivity contribution < 1.29 is 0 Å². The molecule has 2 unspecified atom stereocenters. The van der Waals surface area contributed by atoms with E-state index in [9.17, 15) is 0 Å². The number of likely N-dealkylation sites (N-methyl/N-ethyl adjacent to an activating group) is 1. The molecule has 2 atom stereocenters. The lowest BCUT2D eigenvalue weighted by Gasteiger charge is -2.24. The topological polar surface area (TPSA) is 32.5 Å². The van der Waals surface area contributed by atoms with Crippen molar-refractivity contribution >= 4 is 0 Å². The highest BCUT2D eigenvalue weighted by molar-refractivity contribution is 5.32. The Morgan fingerprint density at radius 1 is 1.37 bits per heavy atom. The number of benzene rings is 1. The molecule has 106 valence electrons. The van der Waals surface area contributed by atoms with Gasteiger partial charge in [0.1, 0.15) is 0 Å². The van der Waals surface area contributed by atoms with Crippen LogP contribution in [0.15, 0.2) is 18.2 Å². The molecule has 1 aliphatic heterocycles. The van der Waals surface area contributed by atoms with Crippen LogP contribution < -0.4 is 5.73 Å². The Kier molecular flexibility index (Phi) is 4.61. The fourth-order valence-electron chi connectivity index (χ4n) is 3.02. The summed E-state index contributed by atoms with van der Waals surface area (Å²) in [6.45, 7) is 7.57. The number of aryl methyl sites for hydroxylation is 2. The van der Waals surface area contributed by atoms with E-state index < -0.39 is 0 Å². The van der Waals surface area contributed by atoms with Crippen molar-refractivity contribution in [1.29, 1.82) is 0 Å². The van der Waals surface area contributed by atoms with E-state index >= 15 is 0 Å². The Balaban J connectivity index is 1.96. The lowest BCUT2D eigenvalue weighted by atomic mass is 9.99. The first-order chi connectivity index (χ1) is 8.97. The van der Waals surface area contributed by atoms with E-state index in [0.29, 0.717) is 6.04 Å². The molecule has 0 spiro atoms. The number of likely N-dealkylation sites (tertiary alicyclic amines) is 1. The molecule has 0 aliphatic carbocycles. The summed E-state index contributed by atoms with van der Waals surface area (Å²) in [5.74, 6) is 0. The fraction of sp³-hybridized carbons (Fsp3) is 0.625. The van der Waals surface area contributed by atoms with E-state index in [0.717, 1.165) is 13.1 Å². The van der Waals surface area contributed by atoms with E-state index in [1.165, 1.54) is 29.7 Å². The molecule has 2 rings (SSSR count). The molecule has 1 aromatic carbocycles. The van der Waals surface area contributed by atoms with Crippen LogP contribution in [0.3, 0.4) is 0 Å². The molecule has 3 heteroatoms. The van der Waals surface area contributed by atoms with Gasteiger partial charge in [-0.05, 0) is 52.0 Å². The zero-order chi connectivity index (χ0) is 14.0. The zero-order valence-electron chi connectivity index (χ0n) is 12.7. The Bertz CT molecular complexity index is 428. The number of nitrogens with zero attached hydrogens (tertiary/aromatic N) is 2. The van der Waals surface area contributed by atoms with Crippen molar-refractivity contribution in [3.63, 3.8) is 0 Å². The van der Waals surface area contributed by atoms with Crippen molar-refractivity contribution in [2.45, 2.75) is 32.4 Å². The van der Waals surface area contributed by atoms with Gasteiger partial charge in [0.15, 0.2) is 0 Å². The maximum Gasteiger partial charge on any atom is 0.0426 e.